The largest absolute Gasteiger partial charge is 0.481 e. The SMILES string of the molecule is CC/C=C/C(C)=NC(CC(=O)O)c1onc(C)c1C. The minimum absolute atomic E-state index is 0.104. The molecule has 0 saturated heterocycles. The number of carboxylic acid groups (broad SMARTS) is 1. The van der Waals surface area contributed by atoms with Crippen molar-refractivity contribution in [2.45, 2.75) is 46.6 Å². The van der Waals surface area contributed by atoms with Gasteiger partial charge in [0, 0.05) is 11.3 Å². The second kappa shape index (κ2) is 6.87. The Hall–Kier alpha value is -1.91. The Morgan fingerprint density at radius 1 is 1.53 bits per heavy atom. The number of aliphatic carboxylic acids is 1. The normalized spacial score (nSPS) is 14.0. The Morgan fingerprint density at radius 3 is 2.68 bits per heavy atom. The number of rotatable bonds is 6. The standard InChI is InChI=1S/C14H20N2O3/c1-5-6-7-9(2)15-12(8-13(17)18)14-10(3)11(4)16-19-14/h6-7,12H,5,8H2,1-4H3,(H,17,18)/b7-6+,15-9?. The third-order valence-corrected chi connectivity index (χ3v) is 2.82. The van der Waals surface area contributed by atoms with Crippen molar-refractivity contribution in [1.29, 1.82) is 0 Å². The van der Waals surface area contributed by atoms with Crippen LogP contribution in [0.15, 0.2) is 21.7 Å². The van der Waals surface area contributed by atoms with E-state index in [-0.39, 0.29) is 6.42 Å². The van der Waals surface area contributed by atoms with Crippen molar-refractivity contribution in [3.63, 3.8) is 0 Å². The van der Waals surface area contributed by atoms with E-state index < -0.39 is 12.0 Å². The van der Waals surface area contributed by atoms with Crippen molar-refractivity contribution in [1.82, 2.24) is 5.16 Å². The van der Waals surface area contributed by atoms with Crippen LogP contribution in [-0.2, 0) is 4.79 Å². The Balaban J connectivity index is 3.05. The molecular weight excluding hydrogens is 244 g/mol. The van der Waals surface area contributed by atoms with Crippen LogP contribution in [0.1, 0.15) is 49.7 Å². The van der Waals surface area contributed by atoms with Crippen molar-refractivity contribution in [3.8, 4) is 0 Å². The third kappa shape index (κ3) is 4.35. The molecule has 0 saturated carbocycles. The molecule has 1 heterocycles. The molecule has 1 rings (SSSR count). The van der Waals surface area contributed by atoms with Gasteiger partial charge in [0.25, 0.3) is 0 Å². The van der Waals surface area contributed by atoms with E-state index in [1.165, 1.54) is 0 Å². The fourth-order valence-corrected chi connectivity index (χ4v) is 1.68. The first-order valence-corrected chi connectivity index (χ1v) is 6.31. The predicted molar refractivity (Wildman–Crippen MR) is 73.5 cm³/mol. The molecule has 0 aliphatic carbocycles. The second-order valence-electron chi connectivity index (χ2n) is 4.45. The van der Waals surface area contributed by atoms with E-state index in [9.17, 15) is 4.79 Å². The monoisotopic (exact) mass is 264 g/mol. The van der Waals surface area contributed by atoms with Crippen LogP contribution in [-0.4, -0.2) is 21.9 Å². The molecular formula is C14H20N2O3. The zero-order valence-corrected chi connectivity index (χ0v) is 11.8. The van der Waals surface area contributed by atoms with Gasteiger partial charge in [-0.05, 0) is 33.3 Å². The number of aliphatic imine (C=N–C) groups is 1. The average Bonchev–Trinajstić information content (AvgIpc) is 2.66. The summed E-state index contributed by atoms with van der Waals surface area (Å²) in [5.41, 5.74) is 2.41. The minimum Gasteiger partial charge on any atom is -0.481 e. The zero-order valence-electron chi connectivity index (χ0n) is 11.8. The van der Waals surface area contributed by atoms with E-state index in [0.717, 1.165) is 23.4 Å². The number of aromatic nitrogens is 1. The molecule has 1 aromatic heterocycles. The number of nitrogens with zero attached hydrogens (tertiary/aromatic N) is 2. The van der Waals surface area contributed by atoms with E-state index >= 15 is 0 Å². The van der Waals surface area contributed by atoms with Crippen LogP contribution in [0.2, 0.25) is 0 Å². The number of carbonyl (C=O) groups is 1. The van der Waals surface area contributed by atoms with Gasteiger partial charge in [-0.2, -0.15) is 0 Å². The fourth-order valence-electron chi connectivity index (χ4n) is 1.68. The summed E-state index contributed by atoms with van der Waals surface area (Å²) in [6.45, 7) is 7.57. The first-order valence-electron chi connectivity index (χ1n) is 6.31. The van der Waals surface area contributed by atoms with Gasteiger partial charge >= 0.3 is 5.97 Å². The molecule has 1 unspecified atom stereocenters. The molecule has 0 aromatic carbocycles. The van der Waals surface area contributed by atoms with Gasteiger partial charge in [-0.25, -0.2) is 0 Å². The van der Waals surface area contributed by atoms with E-state index in [2.05, 4.69) is 10.1 Å². The van der Waals surface area contributed by atoms with E-state index in [1.807, 2.05) is 39.8 Å². The Morgan fingerprint density at radius 2 is 2.21 bits per heavy atom. The van der Waals surface area contributed by atoms with Gasteiger partial charge in [-0.1, -0.05) is 18.2 Å². The highest BCUT2D eigenvalue weighted by atomic mass is 16.5. The second-order valence-corrected chi connectivity index (χ2v) is 4.45. The number of aryl methyl sites for hydroxylation is 1. The first kappa shape index (κ1) is 15.1. The quantitative estimate of drug-likeness (QED) is 0.800. The predicted octanol–water partition coefficient (Wildman–Crippen LogP) is 3.23. The Labute approximate surface area is 113 Å². The summed E-state index contributed by atoms with van der Waals surface area (Å²) in [6, 6.07) is -0.528. The minimum atomic E-state index is -0.908. The molecule has 1 atom stereocenters. The first-order chi connectivity index (χ1) is 8.95. The van der Waals surface area contributed by atoms with Crippen molar-refractivity contribution in [2.75, 3.05) is 0 Å². The Kier molecular flexibility index (Phi) is 5.48. The molecule has 0 aliphatic heterocycles. The molecule has 1 N–H and O–H groups in total. The van der Waals surface area contributed by atoms with Gasteiger partial charge < -0.3 is 9.63 Å². The summed E-state index contributed by atoms with van der Waals surface area (Å²) >= 11 is 0. The lowest BCUT2D eigenvalue weighted by Gasteiger charge is -2.08. The molecule has 5 heteroatoms. The highest BCUT2D eigenvalue weighted by Crippen LogP contribution is 2.26. The van der Waals surface area contributed by atoms with Gasteiger partial charge in [0.2, 0.25) is 0 Å². The summed E-state index contributed by atoms with van der Waals surface area (Å²) in [5, 5.41) is 12.8. The van der Waals surface area contributed by atoms with Crippen molar-refractivity contribution in [2.24, 2.45) is 4.99 Å². The van der Waals surface area contributed by atoms with E-state index in [4.69, 9.17) is 9.63 Å². The molecule has 19 heavy (non-hydrogen) atoms. The van der Waals surface area contributed by atoms with Crippen LogP contribution in [0.3, 0.4) is 0 Å². The maximum atomic E-state index is 10.9. The van der Waals surface area contributed by atoms with Gasteiger partial charge in [0.05, 0.1) is 12.1 Å². The van der Waals surface area contributed by atoms with Crippen LogP contribution < -0.4 is 0 Å². The highest BCUT2D eigenvalue weighted by molar-refractivity contribution is 5.93. The number of allylic oxidation sites excluding steroid dienone is 2. The molecule has 0 amide bonds. The molecule has 5 nitrogen and oxygen atoms in total. The summed E-state index contributed by atoms with van der Waals surface area (Å²) in [5.74, 6) is -0.376. The third-order valence-electron chi connectivity index (χ3n) is 2.82. The number of hydrogen-bond acceptors (Lipinski definition) is 4. The fraction of sp³-hybridized carbons (Fsp3) is 0.500. The van der Waals surface area contributed by atoms with Gasteiger partial charge in [-0.15, -0.1) is 0 Å². The molecule has 1 aromatic rings. The zero-order chi connectivity index (χ0) is 14.4. The highest BCUT2D eigenvalue weighted by Gasteiger charge is 2.22. The summed E-state index contributed by atoms with van der Waals surface area (Å²) in [7, 11) is 0. The molecule has 0 bridgehead atoms. The number of hydrogen-bond donors (Lipinski definition) is 1. The Bertz CT molecular complexity index is 501. The van der Waals surface area contributed by atoms with Crippen LogP contribution in [0.4, 0.5) is 0 Å². The molecule has 0 fully saturated rings. The lowest BCUT2D eigenvalue weighted by molar-refractivity contribution is -0.137. The van der Waals surface area contributed by atoms with Crippen LogP contribution in [0, 0.1) is 13.8 Å². The summed E-state index contributed by atoms with van der Waals surface area (Å²) in [6.07, 6.45) is 4.67. The summed E-state index contributed by atoms with van der Waals surface area (Å²) in [4.78, 5) is 15.4. The van der Waals surface area contributed by atoms with E-state index in [1.54, 1.807) is 0 Å². The van der Waals surface area contributed by atoms with Crippen LogP contribution in [0.5, 0.6) is 0 Å². The lowest BCUT2D eigenvalue weighted by Crippen LogP contribution is -2.06. The van der Waals surface area contributed by atoms with Gasteiger partial charge in [0.1, 0.15) is 6.04 Å². The van der Waals surface area contributed by atoms with Crippen LogP contribution in [0.25, 0.3) is 0 Å². The van der Waals surface area contributed by atoms with Crippen molar-refractivity contribution >= 4 is 11.7 Å². The summed E-state index contributed by atoms with van der Waals surface area (Å²) < 4.78 is 5.22. The molecule has 0 spiro atoms. The molecule has 0 radical (unpaired) electrons. The molecule has 104 valence electrons. The van der Waals surface area contributed by atoms with Crippen molar-refractivity contribution in [3.05, 3.63) is 29.2 Å². The van der Waals surface area contributed by atoms with E-state index in [0.29, 0.717) is 5.76 Å². The number of carboxylic acids is 1. The van der Waals surface area contributed by atoms with Gasteiger partial charge in [0.15, 0.2) is 5.76 Å². The van der Waals surface area contributed by atoms with Crippen molar-refractivity contribution < 1.29 is 14.4 Å². The molecule has 0 aliphatic rings. The lowest BCUT2D eigenvalue weighted by atomic mass is 10.1. The van der Waals surface area contributed by atoms with Crippen LogP contribution >= 0.6 is 0 Å². The topological polar surface area (TPSA) is 75.7 Å². The smallest absolute Gasteiger partial charge is 0.306 e. The average molecular weight is 264 g/mol. The maximum Gasteiger partial charge on any atom is 0.306 e. The maximum absolute atomic E-state index is 10.9. The van der Waals surface area contributed by atoms with Gasteiger partial charge in [-0.3, -0.25) is 9.79 Å².